The van der Waals surface area contributed by atoms with Gasteiger partial charge < -0.3 is 4.74 Å². The van der Waals surface area contributed by atoms with Crippen LogP contribution in [0.4, 0.5) is 0 Å². The third-order valence-electron chi connectivity index (χ3n) is 3.36. The molecule has 0 bridgehead atoms. The molecular weight excluding hydrogens is 224 g/mol. The summed E-state index contributed by atoms with van der Waals surface area (Å²) >= 11 is 4.09. The topological polar surface area (TPSA) is 43.4 Å². The Kier molecular flexibility index (Phi) is 4.84. The number of carbonyl (C=O) groups is 2. The van der Waals surface area contributed by atoms with E-state index in [1.165, 1.54) is 0 Å². The molecule has 0 spiro atoms. The first-order valence-electron chi connectivity index (χ1n) is 5.88. The van der Waals surface area contributed by atoms with Gasteiger partial charge in [-0.05, 0) is 19.3 Å². The van der Waals surface area contributed by atoms with E-state index in [0.717, 1.165) is 6.42 Å². The Balaban J connectivity index is 2.60. The molecule has 0 amide bonds. The Labute approximate surface area is 102 Å². The van der Waals surface area contributed by atoms with Gasteiger partial charge in [0.2, 0.25) is 0 Å². The maximum absolute atomic E-state index is 11.7. The molecule has 0 aromatic rings. The zero-order valence-electron chi connectivity index (χ0n) is 9.99. The lowest BCUT2D eigenvalue weighted by molar-refractivity contribution is -0.169. The predicted octanol–water partition coefficient (Wildman–Crippen LogP) is 2.39. The van der Waals surface area contributed by atoms with Gasteiger partial charge in [-0.15, -0.1) is 0 Å². The lowest BCUT2D eigenvalue weighted by Crippen LogP contribution is -2.40. The van der Waals surface area contributed by atoms with E-state index < -0.39 is 5.60 Å². The van der Waals surface area contributed by atoms with Crippen LogP contribution in [0.15, 0.2) is 0 Å². The quantitative estimate of drug-likeness (QED) is 0.610. The van der Waals surface area contributed by atoms with Crippen molar-refractivity contribution in [1.82, 2.24) is 0 Å². The number of thiol groups is 1. The van der Waals surface area contributed by atoms with Gasteiger partial charge in [-0.25, -0.2) is 0 Å². The van der Waals surface area contributed by atoms with Crippen LogP contribution < -0.4 is 0 Å². The third-order valence-corrected chi connectivity index (χ3v) is 3.90. The summed E-state index contributed by atoms with van der Waals surface area (Å²) in [6.07, 6.45) is 3.21. The molecule has 92 valence electrons. The van der Waals surface area contributed by atoms with Crippen LogP contribution in [0.1, 0.15) is 46.0 Å². The van der Waals surface area contributed by atoms with Gasteiger partial charge in [0.25, 0.3) is 0 Å². The van der Waals surface area contributed by atoms with Crippen LogP contribution in [0.3, 0.4) is 0 Å². The van der Waals surface area contributed by atoms with Crippen molar-refractivity contribution in [2.24, 2.45) is 5.92 Å². The first-order valence-corrected chi connectivity index (χ1v) is 6.51. The number of rotatable bonds is 4. The van der Waals surface area contributed by atoms with Crippen molar-refractivity contribution in [2.75, 3.05) is 5.75 Å². The van der Waals surface area contributed by atoms with Gasteiger partial charge in [0.1, 0.15) is 11.4 Å². The zero-order valence-corrected chi connectivity index (χ0v) is 10.9. The minimum atomic E-state index is -0.401. The number of Topliss-reactive ketones (excluding diaryl/α,β-unsaturated/α-hetero) is 1. The second-order valence-electron chi connectivity index (χ2n) is 4.58. The average Bonchev–Trinajstić information content (AvgIpc) is 2.31. The normalized spacial score (nSPS) is 21.6. The summed E-state index contributed by atoms with van der Waals surface area (Å²) in [6, 6.07) is 0. The van der Waals surface area contributed by atoms with E-state index >= 15 is 0 Å². The Hall–Kier alpha value is -0.510. The molecule has 0 N–H and O–H groups in total. The number of carbonyl (C=O) groups excluding carboxylic acids is 2. The van der Waals surface area contributed by atoms with Crippen molar-refractivity contribution in [3.05, 3.63) is 0 Å². The molecule has 1 aliphatic carbocycles. The van der Waals surface area contributed by atoms with Crippen LogP contribution in [-0.4, -0.2) is 23.1 Å². The molecule has 1 aliphatic rings. The molecule has 1 rings (SSSR count). The van der Waals surface area contributed by atoms with Gasteiger partial charge >= 0.3 is 5.97 Å². The summed E-state index contributed by atoms with van der Waals surface area (Å²) in [7, 11) is 0. The summed E-state index contributed by atoms with van der Waals surface area (Å²) in [5, 5.41) is 0. The van der Waals surface area contributed by atoms with Gasteiger partial charge in [-0.2, -0.15) is 12.6 Å². The van der Waals surface area contributed by atoms with Gasteiger partial charge in [0.05, 0.1) is 5.92 Å². The minimum absolute atomic E-state index is 0.176. The lowest BCUT2D eigenvalue weighted by atomic mass is 9.82. The molecule has 0 heterocycles. The van der Waals surface area contributed by atoms with Gasteiger partial charge in [0.15, 0.2) is 0 Å². The minimum Gasteiger partial charge on any atom is -0.459 e. The molecule has 16 heavy (non-hydrogen) atoms. The van der Waals surface area contributed by atoms with E-state index in [4.69, 9.17) is 4.74 Å². The number of ether oxygens (including phenoxy) is 1. The molecule has 0 aromatic carbocycles. The van der Waals surface area contributed by atoms with E-state index in [-0.39, 0.29) is 17.7 Å². The zero-order chi connectivity index (χ0) is 12.2. The fourth-order valence-electron chi connectivity index (χ4n) is 1.90. The van der Waals surface area contributed by atoms with Crippen LogP contribution in [0.25, 0.3) is 0 Å². The van der Waals surface area contributed by atoms with Crippen molar-refractivity contribution in [3.63, 3.8) is 0 Å². The third kappa shape index (κ3) is 3.24. The van der Waals surface area contributed by atoms with Crippen LogP contribution in [0, 0.1) is 5.92 Å². The van der Waals surface area contributed by atoms with Crippen molar-refractivity contribution in [1.29, 1.82) is 0 Å². The molecular formula is C12H20O3S. The highest BCUT2D eigenvalue weighted by Crippen LogP contribution is 2.33. The molecule has 3 nitrogen and oxygen atoms in total. The fourth-order valence-corrected chi connectivity index (χ4v) is 2.05. The Morgan fingerprint density at radius 1 is 1.50 bits per heavy atom. The second-order valence-corrected chi connectivity index (χ2v) is 4.95. The van der Waals surface area contributed by atoms with Gasteiger partial charge in [-0.3, -0.25) is 9.59 Å². The fraction of sp³-hybridized carbons (Fsp3) is 0.833. The van der Waals surface area contributed by atoms with Gasteiger partial charge in [0, 0.05) is 18.6 Å². The average molecular weight is 244 g/mol. The Bertz CT molecular complexity index is 265. The maximum Gasteiger partial charge on any atom is 0.310 e. The standard InChI is InChI=1S/C12H20O3S/c1-3-12(6-4-10(13)5-7-12)15-11(14)9(2)8-16/h9,16H,3-8H2,1-2H3. The van der Waals surface area contributed by atoms with Crippen LogP contribution in [0.5, 0.6) is 0 Å². The summed E-state index contributed by atoms with van der Waals surface area (Å²) in [5.74, 6) is 0.412. The molecule has 0 aromatic heterocycles. The number of esters is 1. The van der Waals surface area contributed by atoms with E-state index in [9.17, 15) is 9.59 Å². The van der Waals surface area contributed by atoms with Crippen molar-refractivity contribution in [3.8, 4) is 0 Å². The summed E-state index contributed by atoms with van der Waals surface area (Å²) in [6.45, 7) is 3.82. The summed E-state index contributed by atoms with van der Waals surface area (Å²) < 4.78 is 5.59. The van der Waals surface area contributed by atoms with Crippen molar-refractivity contribution in [2.45, 2.75) is 51.6 Å². The molecule has 4 heteroatoms. The van der Waals surface area contributed by atoms with Crippen LogP contribution >= 0.6 is 12.6 Å². The smallest absolute Gasteiger partial charge is 0.310 e. The highest BCUT2D eigenvalue weighted by molar-refractivity contribution is 7.80. The SMILES string of the molecule is CCC1(OC(=O)C(C)CS)CCC(=O)CC1. The molecule has 1 unspecified atom stereocenters. The number of hydrogen-bond acceptors (Lipinski definition) is 4. The lowest BCUT2D eigenvalue weighted by Gasteiger charge is -2.36. The van der Waals surface area contributed by atoms with E-state index in [2.05, 4.69) is 12.6 Å². The molecule has 0 aliphatic heterocycles. The molecule has 1 saturated carbocycles. The van der Waals surface area contributed by atoms with Crippen LogP contribution in [-0.2, 0) is 14.3 Å². The first-order chi connectivity index (χ1) is 7.53. The van der Waals surface area contributed by atoms with E-state index in [1.807, 2.05) is 13.8 Å². The maximum atomic E-state index is 11.7. The number of ketones is 1. The van der Waals surface area contributed by atoms with Gasteiger partial charge in [-0.1, -0.05) is 13.8 Å². The second kappa shape index (κ2) is 5.71. The van der Waals surface area contributed by atoms with E-state index in [1.54, 1.807) is 0 Å². The van der Waals surface area contributed by atoms with E-state index in [0.29, 0.717) is 31.4 Å². The highest BCUT2D eigenvalue weighted by Gasteiger charge is 2.37. The molecule has 1 atom stereocenters. The summed E-state index contributed by atoms with van der Waals surface area (Å²) in [5.41, 5.74) is -0.401. The Morgan fingerprint density at radius 2 is 2.06 bits per heavy atom. The Morgan fingerprint density at radius 3 is 2.50 bits per heavy atom. The van der Waals surface area contributed by atoms with Crippen LogP contribution in [0.2, 0.25) is 0 Å². The highest BCUT2D eigenvalue weighted by atomic mass is 32.1. The first kappa shape index (κ1) is 13.6. The van der Waals surface area contributed by atoms with Crippen molar-refractivity contribution >= 4 is 24.4 Å². The number of hydrogen-bond donors (Lipinski definition) is 1. The molecule has 0 radical (unpaired) electrons. The summed E-state index contributed by atoms with van der Waals surface area (Å²) in [4.78, 5) is 22.9. The van der Waals surface area contributed by atoms with Crippen molar-refractivity contribution < 1.29 is 14.3 Å². The molecule has 0 saturated heterocycles. The predicted molar refractivity (Wildman–Crippen MR) is 65.6 cm³/mol. The molecule has 1 fully saturated rings. The monoisotopic (exact) mass is 244 g/mol. The largest absolute Gasteiger partial charge is 0.459 e.